The Kier molecular flexibility index (Phi) is 3.86. The van der Waals surface area contributed by atoms with Crippen molar-refractivity contribution < 1.29 is 9.90 Å². The molecule has 3 rings (SSSR count). The van der Waals surface area contributed by atoms with Crippen molar-refractivity contribution in [2.75, 3.05) is 6.54 Å². The number of aromatic hydroxyl groups is 1. The van der Waals surface area contributed by atoms with Gasteiger partial charge < -0.3 is 15.4 Å². The molecule has 1 heterocycles. The first-order chi connectivity index (χ1) is 10.2. The van der Waals surface area contributed by atoms with Gasteiger partial charge in [-0.05, 0) is 49.3 Å². The number of nitrogens with one attached hydrogen (secondary N) is 2. The number of aromatic nitrogens is 1. The molecule has 0 spiro atoms. The third kappa shape index (κ3) is 2.62. The van der Waals surface area contributed by atoms with Gasteiger partial charge in [0.2, 0.25) is 5.91 Å². The van der Waals surface area contributed by atoms with Gasteiger partial charge in [0.25, 0.3) is 0 Å². The highest BCUT2D eigenvalue weighted by Gasteiger charge is 2.24. The standard InChI is InChI=1S/C17H22N2O2/c1-2-3-16(21)18-9-8-11-4-5-12-15(20)7-6-14-17(12)13(11)10-19-14/h6-7,10-11,19-20H,2-5,8-9H2,1H3,(H,18,21). The number of phenols is 1. The fourth-order valence-corrected chi connectivity index (χ4v) is 3.36. The summed E-state index contributed by atoms with van der Waals surface area (Å²) in [5.41, 5.74) is 3.44. The molecule has 112 valence electrons. The number of aryl methyl sites for hydroxylation is 1. The minimum absolute atomic E-state index is 0.144. The van der Waals surface area contributed by atoms with Gasteiger partial charge in [0.05, 0.1) is 0 Å². The van der Waals surface area contributed by atoms with E-state index >= 15 is 0 Å². The van der Waals surface area contributed by atoms with E-state index in [2.05, 4.69) is 16.5 Å². The number of amides is 1. The van der Waals surface area contributed by atoms with Crippen LogP contribution in [0.15, 0.2) is 18.3 Å². The van der Waals surface area contributed by atoms with E-state index < -0.39 is 0 Å². The second kappa shape index (κ2) is 5.80. The summed E-state index contributed by atoms with van der Waals surface area (Å²) in [7, 11) is 0. The van der Waals surface area contributed by atoms with Gasteiger partial charge in [-0.15, -0.1) is 0 Å². The quantitative estimate of drug-likeness (QED) is 0.790. The first-order valence-electron chi connectivity index (χ1n) is 7.79. The zero-order valence-corrected chi connectivity index (χ0v) is 12.4. The van der Waals surface area contributed by atoms with Gasteiger partial charge in [0, 0.05) is 35.6 Å². The lowest BCUT2D eigenvalue weighted by Gasteiger charge is -2.23. The lowest BCUT2D eigenvalue weighted by Crippen LogP contribution is -2.25. The zero-order valence-electron chi connectivity index (χ0n) is 12.4. The van der Waals surface area contributed by atoms with E-state index in [0.717, 1.165) is 43.3 Å². The molecule has 1 aliphatic rings. The molecule has 1 aliphatic carbocycles. The van der Waals surface area contributed by atoms with Gasteiger partial charge in [0.15, 0.2) is 0 Å². The molecule has 2 aromatic rings. The minimum Gasteiger partial charge on any atom is -0.508 e. The summed E-state index contributed by atoms with van der Waals surface area (Å²) in [4.78, 5) is 14.8. The fraction of sp³-hybridized carbons (Fsp3) is 0.471. The molecule has 1 aromatic carbocycles. The van der Waals surface area contributed by atoms with E-state index in [1.165, 1.54) is 10.9 Å². The highest BCUT2D eigenvalue weighted by atomic mass is 16.3. The van der Waals surface area contributed by atoms with E-state index in [0.29, 0.717) is 18.1 Å². The van der Waals surface area contributed by atoms with Crippen LogP contribution in [-0.4, -0.2) is 22.5 Å². The van der Waals surface area contributed by atoms with Crippen molar-refractivity contribution in [3.63, 3.8) is 0 Å². The summed E-state index contributed by atoms with van der Waals surface area (Å²) in [5.74, 6) is 0.999. The Morgan fingerprint density at radius 1 is 1.48 bits per heavy atom. The van der Waals surface area contributed by atoms with E-state index in [9.17, 15) is 9.90 Å². The number of rotatable bonds is 5. The van der Waals surface area contributed by atoms with Crippen LogP contribution in [0.2, 0.25) is 0 Å². The second-order valence-corrected chi connectivity index (χ2v) is 5.85. The van der Waals surface area contributed by atoms with Crippen molar-refractivity contribution >= 4 is 16.8 Å². The molecule has 0 saturated heterocycles. The number of carbonyl (C=O) groups excluding carboxylic acids is 1. The van der Waals surface area contributed by atoms with Crippen molar-refractivity contribution in [2.45, 2.75) is 44.9 Å². The summed E-state index contributed by atoms with van der Waals surface area (Å²) in [6.45, 7) is 2.74. The molecule has 0 bridgehead atoms. The van der Waals surface area contributed by atoms with E-state index in [1.807, 2.05) is 13.0 Å². The van der Waals surface area contributed by atoms with Crippen molar-refractivity contribution in [3.05, 3.63) is 29.5 Å². The van der Waals surface area contributed by atoms with E-state index in [4.69, 9.17) is 0 Å². The lowest BCUT2D eigenvalue weighted by atomic mass is 9.82. The van der Waals surface area contributed by atoms with Gasteiger partial charge in [0.1, 0.15) is 5.75 Å². The Morgan fingerprint density at radius 3 is 3.14 bits per heavy atom. The predicted octanol–water partition coefficient (Wildman–Crippen LogP) is 3.21. The maximum atomic E-state index is 11.5. The molecular formula is C17H22N2O2. The van der Waals surface area contributed by atoms with Crippen molar-refractivity contribution in [3.8, 4) is 5.75 Å². The lowest BCUT2D eigenvalue weighted by molar-refractivity contribution is -0.121. The van der Waals surface area contributed by atoms with Crippen LogP contribution in [0.1, 0.15) is 49.7 Å². The van der Waals surface area contributed by atoms with Crippen LogP contribution < -0.4 is 5.32 Å². The van der Waals surface area contributed by atoms with Crippen molar-refractivity contribution in [1.29, 1.82) is 0 Å². The number of phenolic OH excluding ortho intramolecular Hbond substituents is 1. The van der Waals surface area contributed by atoms with Crippen LogP contribution in [0.25, 0.3) is 10.9 Å². The monoisotopic (exact) mass is 286 g/mol. The summed E-state index contributed by atoms with van der Waals surface area (Å²) in [6, 6.07) is 3.70. The summed E-state index contributed by atoms with van der Waals surface area (Å²) >= 11 is 0. The summed E-state index contributed by atoms with van der Waals surface area (Å²) in [5, 5.41) is 14.2. The van der Waals surface area contributed by atoms with Crippen molar-refractivity contribution in [2.24, 2.45) is 0 Å². The summed E-state index contributed by atoms with van der Waals surface area (Å²) in [6.07, 6.45) is 6.45. The highest BCUT2D eigenvalue weighted by Crippen LogP contribution is 2.41. The van der Waals surface area contributed by atoms with Crippen LogP contribution in [-0.2, 0) is 11.2 Å². The number of H-pyrrole nitrogens is 1. The Bertz CT molecular complexity index is 660. The van der Waals surface area contributed by atoms with Crippen LogP contribution in [0.4, 0.5) is 0 Å². The molecule has 0 saturated carbocycles. The number of aromatic amines is 1. The van der Waals surface area contributed by atoms with Crippen LogP contribution >= 0.6 is 0 Å². The average molecular weight is 286 g/mol. The average Bonchev–Trinajstić information content (AvgIpc) is 2.90. The molecule has 1 unspecified atom stereocenters. The van der Waals surface area contributed by atoms with Gasteiger partial charge in [-0.3, -0.25) is 4.79 Å². The number of carbonyl (C=O) groups is 1. The maximum absolute atomic E-state index is 11.5. The third-order valence-electron chi connectivity index (χ3n) is 4.43. The van der Waals surface area contributed by atoms with Crippen LogP contribution in [0, 0.1) is 0 Å². The molecule has 0 fully saturated rings. The Morgan fingerprint density at radius 2 is 2.33 bits per heavy atom. The molecule has 1 aromatic heterocycles. The van der Waals surface area contributed by atoms with Gasteiger partial charge in [-0.2, -0.15) is 0 Å². The number of benzene rings is 1. The first kappa shape index (κ1) is 14.0. The van der Waals surface area contributed by atoms with Crippen LogP contribution in [0.3, 0.4) is 0 Å². The highest BCUT2D eigenvalue weighted by molar-refractivity contribution is 5.90. The fourth-order valence-electron chi connectivity index (χ4n) is 3.36. The zero-order chi connectivity index (χ0) is 14.8. The molecule has 4 nitrogen and oxygen atoms in total. The molecule has 0 radical (unpaired) electrons. The topological polar surface area (TPSA) is 65.1 Å². The molecule has 0 aliphatic heterocycles. The smallest absolute Gasteiger partial charge is 0.219 e. The van der Waals surface area contributed by atoms with E-state index in [-0.39, 0.29) is 5.91 Å². The molecule has 3 N–H and O–H groups in total. The maximum Gasteiger partial charge on any atom is 0.219 e. The normalized spacial score (nSPS) is 17.1. The van der Waals surface area contributed by atoms with Gasteiger partial charge >= 0.3 is 0 Å². The first-order valence-corrected chi connectivity index (χ1v) is 7.79. The molecule has 1 atom stereocenters. The molecular weight excluding hydrogens is 264 g/mol. The molecule has 21 heavy (non-hydrogen) atoms. The van der Waals surface area contributed by atoms with Crippen LogP contribution in [0.5, 0.6) is 5.75 Å². The van der Waals surface area contributed by atoms with Crippen molar-refractivity contribution in [1.82, 2.24) is 10.3 Å². The second-order valence-electron chi connectivity index (χ2n) is 5.85. The number of hydrogen-bond donors (Lipinski definition) is 3. The molecule has 4 heteroatoms. The summed E-state index contributed by atoms with van der Waals surface area (Å²) < 4.78 is 0. The molecule has 1 amide bonds. The largest absolute Gasteiger partial charge is 0.508 e. The van der Waals surface area contributed by atoms with E-state index in [1.54, 1.807) is 6.07 Å². The third-order valence-corrected chi connectivity index (χ3v) is 4.43. The van der Waals surface area contributed by atoms with Gasteiger partial charge in [-0.1, -0.05) is 6.92 Å². The Hall–Kier alpha value is -1.97. The SMILES string of the molecule is CCCC(=O)NCCC1CCc2c(O)ccc3[nH]cc1c23. The predicted molar refractivity (Wildman–Crippen MR) is 83.6 cm³/mol. The van der Waals surface area contributed by atoms with Gasteiger partial charge in [-0.25, -0.2) is 0 Å². The number of hydrogen-bond acceptors (Lipinski definition) is 2. The Balaban J connectivity index is 1.73. The minimum atomic E-state index is 0.144. The Labute approximate surface area is 124 Å².